The number of likely N-dealkylation sites (tertiary alicyclic amines) is 1. The molecule has 3 amide bonds. The van der Waals surface area contributed by atoms with Crippen LogP contribution >= 0.6 is 0 Å². The highest BCUT2D eigenvalue weighted by Gasteiger charge is 2.30. The number of nitrogens with two attached hydrogens (primary N) is 1. The number of hydrogen-bond donors (Lipinski definition) is 2. The standard InChI is InChI=1S/C12H19N3O4/c1-2-5-14(8-10(16)17)11(18)9-4-3-6-15(7-9)12(13)19/h2,9H,1,3-8H2,(H2,13,19)(H,16,17). The zero-order chi connectivity index (χ0) is 14.4. The minimum absolute atomic E-state index is 0.179. The molecule has 3 N–H and O–H groups in total. The number of piperidine rings is 1. The van der Waals surface area contributed by atoms with Crippen molar-refractivity contribution < 1.29 is 19.5 Å². The van der Waals surface area contributed by atoms with Crippen molar-refractivity contribution in [3.05, 3.63) is 12.7 Å². The van der Waals surface area contributed by atoms with Crippen LogP contribution in [-0.4, -0.2) is 59.0 Å². The first-order chi connectivity index (χ1) is 8.95. The van der Waals surface area contributed by atoms with Crippen LogP contribution in [0.3, 0.4) is 0 Å². The first-order valence-electron chi connectivity index (χ1n) is 6.11. The number of carboxylic acids is 1. The molecular weight excluding hydrogens is 250 g/mol. The van der Waals surface area contributed by atoms with Gasteiger partial charge in [0.2, 0.25) is 5.91 Å². The molecule has 1 atom stereocenters. The van der Waals surface area contributed by atoms with Crippen molar-refractivity contribution in [3.63, 3.8) is 0 Å². The van der Waals surface area contributed by atoms with Gasteiger partial charge >= 0.3 is 12.0 Å². The van der Waals surface area contributed by atoms with Gasteiger partial charge in [-0.25, -0.2) is 4.79 Å². The fourth-order valence-corrected chi connectivity index (χ4v) is 2.19. The van der Waals surface area contributed by atoms with Crippen molar-refractivity contribution in [1.82, 2.24) is 9.80 Å². The SMILES string of the molecule is C=CCN(CC(=O)O)C(=O)C1CCCN(C(N)=O)C1. The molecule has 7 nitrogen and oxygen atoms in total. The summed E-state index contributed by atoms with van der Waals surface area (Å²) in [5.74, 6) is -1.73. The molecule has 1 rings (SSSR count). The van der Waals surface area contributed by atoms with Gasteiger partial charge in [0.05, 0.1) is 5.92 Å². The minimum Gasteiger partial charge on any atom is -0.480 e. The smallest absolute Gasteiger partial charge is 0.323 e. The first-order valence-corrected chi connectivity index (χ1v) is 6.11. The van der Waals surface area contributed by atoms with Crippen LogP contribution in [0.1, 0.15) is 12.8 Å². The molecule has 106 valence electrons. The normalized spacial score (nSPS) is 18.7. The lowest BCUT2D eigenvalue weighted by atomic mass is 9.96. The Morgan fingerprint density at radius 2 is 2.16 bits per heavy atom. The zero-order valence-corrected chi connectivity index (χ0v) is 10.7. The van der Waals surface area contributed by atoms with Gasteiger partial charge in [0.25, 0.3) is 0 Å². The number of amides is 3. The summed E-state index contributed by atoms with van der Waals surface area (Å²) in [5.41, 5.74) is 5.20. The van der Waals surface area contributed by atoms with Crippen LogP contribution in [0.2, 0.25) is 0 Å². The third-order valence-electron chi connectivity index (χ3n) is 3.07. The number of primary amides is 1. The summed E-state index contributed by atoms with van der Waals surface area (Å²) in [4.78, 5) is 36.7. The second kappa shape index (κ2) is 6.77. The Kier molecular flexibility index (Phi) is 5.35. The van der Waals surface area contributed by atoms with E-state index in [0.717, 1.165) is 0 Å². The third-order valence-corrected chi connectivity index (χ3v) is 3.07. The zero-order valence-electron chi connectivity index (χ0n) is 10.7. The van der Waals surface area contributed by atoms with Crippen molar-refractivity contribution >= 4 is 17.9 Å². The molecule has 0 aliphatic carbocycles. The molecule has 1 aliphatic heterocycles. The van der Waals surface area contributed by atoms with Crippen molar-refractivity contribution in [1.29, 1.82) is 0 Å². The fourth-order valence-electron chi connectivity index (χ4n) is 2.19. The third kappa shape index (κ3) is 4.27. The highest BCUT2D eigenvalue weighted by molar-refractivity contribution is 5.84. The number of aliphatic carboxylic acids is 1. The average molecular weight is 269 g/mol. The minimum atomic E-state index is -1.07. The summed E-state index contributed by atoms with van der Waals surface area (Å²) in [6, 6.07) is -0.550. The second-order valence-electron chi connectivity index (χ2n) is 4.52. The van der Waals surface area contributed by atoms with Crippen molar-refractivity contribution in [2.45, 2.75) is 12.8 Å². The lowest BCUT2D eigenvalue weighted by Gasteiger charge is -2.33. The van der Waals surface area contributed by atoms with Gasteiger partial charge in [-0.1, -0.05) is 6.08 Å². The van der Waals surface area contributed by atoms with Gasteiger partial charge in [0.1, 0.15) is 6.54 Å². The Labute approximate surface area is 111 Å². The molecule has 19 heavy (non-hydrogen) atoms. The van der Waals surface area contributed by atoms with Gasteiger partial charge in [-0.2, -0.15) is 0 Å². The van der Waals surface area contributed by atoms with E-state index in [1.807, 2.05) is 0 Å². The maximum absolute atomic E-state index is 12.2. The number of nitrogens with zero attached hydrogens (tertiary/aromatic N) is 2. The summed E-state index contributed by atoms with van der Waals surface area (Å²) >= 11 is 0. The molecule has 1 heterocycles. The Balaban J connectivity index is 2.69. The average Bonchev–Trinajstić information content (AvgIpc) is 2.37. The number of rotatable bonds is 5. The van der Waals surface area contributed by atoms with Gasteiger partial charge in [-0.3, -0.25) is 9.59 Å². The number of urea groups is 1. The monoisotopic (exact) mass is 269 g/mol. The number of hydrogen-bond acceptors (Lipinski definition) is 3. The Hall–Kier alpha value is -2.05. The molecule has 0 spiro atoms. The highest BCUT2D eigenvalue weighted by Crippen LogP contribution is 2.18. The maximum atomic E-state index is 12.2. The predicted octanol–water partition coefficient (Wildman–Crippen LogP) is -0.124. The molecule has 1 unspecified atom stereocenters. The van der Waals surface area contributed by atoms with Crippen LogP contribution in [0.4, 0.5) is 4.79 Å². The van der Waals surface area contributed by atoms with E-state index >= 15 is 0 Å². The second-order valence-corrected chi connectivity index (χ2v) is 4.52. The molecule has 1 aliphatic rings. The van der Waals surface area contributed by atoms with E-state index in [0.29, 0.717) is 19.4 Å². The maximum Gasteiger partial charge on any atom is 0.323 e. The van der Waals surface area contributed by atoms with Crippen LogP contribution in [0, 0.1) is 5.92 Å². The van der Waals surface area contributed by atoms with Gasteiger partial charge in [0.15, 0.2) is 0 Å². The molecule has 0 bridgehead atoms. The Morgan fingerprint density at radius 3 is 2.68 bits per heavy atom. The Bertz CT molecular complexity index is 383. The lowest BCUT2D eigenvalue weighted by molar-refractivity contribution is -0.146. The van der Waals surface area contributed by atoms with E-state index in [4.69, 9.17) is 10.8 Å². The van der Waals surface area contributed by atoms with Crippen LogP contribution in [0.5, 0.6) is 0 Å². The largest absolute Gasteiger partial charge is 0.480 e. The molecule has 0 radical (unpaired) electrons. The number of carbonyl (C=O) groups is 3. The van der Waals surface area contributed by atoms with E-state index in [1.165, 1.54) is 15.9 Å². The van der Waals surface area contributed by atoms with Gasteiger partial charge < -0.3 is 20.6 Å². The van der Waals surface area contributed by atoms with Crippen LogP contribution in [0.25, 0.3) is 0 Å². The molecular formula is C12H19N3O4. The van der Waals surface area contributed by atoms with E-state index < -0.39 is 12.0 Å². The van der Waals surface area contributed by atoms with Crippen molar-refractivity contribution in [2.75, 3.05) is 26.2 Å². The fraction of sp³-hybridized carbons (Fsp3) is 0.583. The quantitative estimate of drug-likeness (QED) is 0.679. The molecule has 0 saturated carbocycles. The van der Waals surface area contributed by atoms with Crippen molar-refractivity contribution in [3.8, 4) is 0 Å². The van der Waals surface area contributed by atoms with E-state index in [-0.39, 0.29) is 31.5 Å². The number of carbonyl (C=O) groups excluding carboxylic acids is 2. The Morgan fingerprint density at radius 1 is 1.47 bits per heavy atom. The molecule has 1 fully saturated rings. The molecule has 0 aromatic heterocycles. The lowest BCUT2D eigenvalue weighted by Crippen LogP contribution is -2.49. The summed E-state index contributed by atoms with van der Waals surface area (Å²) in [5, 5.41) is 8.79. The van der Waals surface area contributed by atoms with Gasteiger partial charge in [0, 0.05) is 19.6 Å². The molecule has 0 aromatic carbocycles. The molecule has 0 aromatic rings. The first kappa shape index (κ1) is 15.0. The summed E-state index contributed by atoms with van der Waals surface area (Å²) < 4.78 is 0. The van der Waals surface area contributed by atoms with Crippen LogP contribution in [0.15, 0.2) is 12.7 Å². The molecule has 7 heteroatoms. The number of carboxylic acid groups (broad SMARTS) is 1. The molecule has 1 saturated heterocycles. The summed E-state index contributed by atoms with van der Waals surface area (Å²) in [6.45, 7) is 4.12. The van der Waals surface area contributed by atoms with Gasteiger partial charge in [-0.05, 0) is 12.8 Å². The van der Waals surface area contributed by atoms with E-state index in [9.17, 15) is 14.4 Å². The van der Waals surface area contributed by atoms with Gasteiger partial charge in [-0.15, -0.1) is 6.58 Å². The van der Waals surface area contributed by atoms with E-state index in [1.54, 1.807) is 0 Å². The van der Waals surface area contributed by atoms with Crippen LogP contribution in [-0.2, 0) is 9.59 Å². The predicted molar refractivity (Wildman–Crippen MR) is 68.3 cm³/mol. The van der Waals surface area contributed by atoms with Crippen LogP contribution < -0.4 is 5.73 Å². The van der Waals surface area contributed by atoms with E-state index in [2.05, 4.69) is 6.58 Å². The topological polar surface area (TPSA) is 104 Å². The highest BCUT2D eigenvalue weighted by atomic mass is 16.4. The summed E-state index contributed by atoms with van der Waals surface area (Å²) in [7, 11) is 0. The van der Waals surface area contributed by atoms with Crippen molar-refractivity contribution in [2.24, 2.45) is 11.7 Å². The summed E-state index contributed by atoms with van der Waals surface area (Å²) in [6.07, 6.45) is 2.81.